The van der Waals surface area contributed by atoms with Gasteiger partial charge in [-0.05, 0) is 6.42 Å². The van der Waals surface area contributed by atoms with Crippen LogP contribution in [-0.2, 0) is 19.9 Å². The number of sulfone groups is 1. The molecule has 5 nitrogen and oxygen atoms in total. The van der Waals surface area contributed by atoms with Gasteiger partial charge in [-0.2, -0.15) is 0 Å². The number of halogens is 1. The van der Waals surface area contributed by atoms with Crippen molar-refractivity contribution in [1.82, 2.24) is 4.31 Å². The first kappa shape index (κ1) is 12.4. The number of sulfonamides is 1. The fourth-order valence-electron chi connectivity index (χ4n) is 1.26. The zero-order valence-electron chi connectivity index (χ0n) is 7.52. The van der Waals surface area contributed by atoms with Gasteiger partial charge in [-0.15, -0.1) is 0 Å². The van der Waals surface area contributed by atoms with Crippen LogP contribution in [0.3, 0.4) is 0 Å². The number of alkyl halides is 1. The summed E-state index contributed by atoms with van der Waals surface area (Å²) in [6.07, 6.45) is 0.383. The van der Waals surface area contributed by atoms with Gasteiger partial charge in [0, 0.05) is 13.1 Å². The van der Waals surface area contributed by atoms with Gasteiger partial charge in [0.2, 0.25) is 10.0 Å². The summed E-state index contributed by atoms with van der Waals surface area (Å²) in [6, 6.07) is 0. The van der Waals surface area contributed by atoms with Crippen molar-refractivity contribution in [2.75, 3.05) is 29.3 Å². The first-order valence-electron chi connectivity index (χ1n) is 4.11. The van der Waals surface area contributed by atoms with E-state index in [1.54, 1.807) is 0 Å². The van der Waals surface area contributed by atoms with E-state index in [4.69, 9.17) is 0 Å². The summed E-state index contributed by atoms with van der Waals surface area (Å²) in [7, 11) is -6.35. The molecule has 14 heavy (non-hydrogen) atoms. The molecule has 1 aliphatic heterocycles. The molecule has 0 saturated carbocycles. The summed E-state index contributed by atoms with van der Waals surface area (Å²) in [4.78, 5) is 0. The zero-order chi connectivity index (χ0) is 10.8. The fourth-order valence-corrected chi connectivity index (χ4v) is 4.43. The standard InChI is InChI=1S/C6H12BrNO4S2/c7-6-14(11,12)8-2-1-4-13(9,10)5-3-8/h1-6H2. The maximum Gasteiger partial charge on any atom is 0.224 e. The predicted molar refractivity (Wildman–Crippen MR) is 57.6 cm³/mol. The first-order chi connectivity index (χ1) is 6.37. The predicted octanol–water partition coefficient (Wildman–Crippen LogP) is -0.211. The van der Waals surface area contributed by atoms with E-state index in [2.05, 4.69) is 15.9 Å². The van der Waals surface area contributed by atoms with Crippen LogP contribution in [0.5, 0.6) is 0 Å². The average Bonchev–Trinajstić information content (AvgIpc) is 2.26. The summed E-state index contributed by atoms with van der Waals surface area (Å²) >= 11 is 2.88. The second kappa shape index (κ2) is 4.46. The Morgan fingerprint density at radius 1 is 1.21 bits per heavy atom. The normalized spacial score (nSPS) is 24.4. The van der Waals surface area contributed by atoms with Gasteiger partial charge in [0.1, 0.15) is 4.66 Å². The van der Waals surface area contributed by atoms with E-state index in [0.717, 1.165) is 0 Å². The molecule has 84 valence electrons. The maximum atomic E-state index is 11.4. The van der Waals surface area contributed by atoms with Gasteiger partial charge in [0.25, 0.3) is 0 Å². The zero-order valence-corrected chi connectivity index (χ0v) is 10.7. The Labute approximate surface area is 92.6 Å². The van der Waals surface area contributed by atoms with Gasteiger partial charge in [-0.3, -0.25) is 0 Å². The summed E-state index contributed by atoms with van der Waals surface area (Å²) in [5.74, 6) is 0.0144. The van der Waals surface area contributed by atoms with Crippen LogP contribution in [-0.4, -0.2) is 50.4 Å². The van der Waals surface area contributed by atoms with Gasteiger partial charge in [0.05, 0.1) is 11.5 Å². The van der Waals surface area contributed by atoms with Gasteiger partial charge in [0.15, 0.2) is 9.84 Å². The highest BCUT2D eigenvalue weighted by atomic mass is 79.9. The molecule has 0 amide bonds. The lowest BCUT2D eigenvalue weighted by Gasteiger charge is -2.17. The highest BCUT2D eigenvalue weighted by molar-refractivity contribution is 9.10. The maximum absolute atomic E-state index is 11.4. The lowest BCUT2D eigenvalue weighted by molar-refractivity contribution is 0.438. The number of nitrogens with zero attached hydrogens (tertiary/aromatic N) is 1. The van der Waals surface area contributed by atoms with E-state index in [1.807, 2.05) is 0 Å². The van der Waals surface area contributed by atoms with Crippen LogP contribution in [0.1, 0.15) is 6.42 Å². The molecule has 1 heterocycles. The molecule has 1 aliphatic rings. The molecule has 0 unspecified atom stereocenters. The van der Waals surface area contributed by atoms with Gasteiger partial charge < -0.3 is 0 Å². The largest absolute Gasteiger partial charge is 0.229 e. The van der Waals surface area contributed by atoms with E-state index in [-0.39, 0.29) is 22.7 Å². The van der Waals surface area contributed by atoms with Gasteiger partial charge in [-0.1, -0.05) is 15.9 Å². The van der Waals surface area contributed by atoms with Crippen LogP contribution in [0, 0.1) is 0 Å². The highest BCUT2D eigenvalue weighted by Gasteiger charge is 2.26. The minimum atomic E-state index is -3.31. The third-order valence-corrected chi connectivity index (χ3v) is 6.92. The second-order valence-electron chi connectivity index (χ2n) is 3.13. The third-order valence-electron chi connectivity index (χ3n) is 2.05. The summed E-state index contributed by atoms with van der Waals surface area (Å²) in [5, 5.41) is 0. The van der Waals surface area contributed by atoms with Crippen LogP contribution >= 0.6 is 15.9 Å². The van der Waals surface area contributed by atoms with Crippen LogP contribution in [0.2, 0.25) is 0 Å². The molecule has 0 radical (unpaired) electrons. The lowest BCUT2D eigenvalue weighted by atomic mass is 10.5. The Kier molecular flexibility index (Phi) is 3.95. The molecule has 0 N–H and O–H groups in total. The Bertz CT molecular complexity index is 388. The van der Waals surface area contributed by atoms with Crippen LogP contribution in [0.4, 0.5) is 0 Å². The lowest BCUT2D eigenvalue weighted by Crippen LogP contribution is -2.34. The molecule has 0 aliphatic carbocycles. The molecule has 1 fully saturated rings. The smallest absolute Gasteiger partial charge is 0.224 e. The van der Waals surface area contributed by atoms with Crippen molar-refractivity contribution in [3.05, 3.63) is 0 Å². The molecular formula is C6H12BrNO4S2. The number of rotatable bonds is 2. The topological polar surface area (TPSA) is 71.5 Å². The van der Waals surface area contributed by atoms with E-state index < -0.39 is 19.9 Å². The van der Waals surface area contributed by atoms with E-state index in [0.29, 0.717) is 13.0 Å². The number of hydrogen-bond donors (Lipinski definition) is 0. The van der Waals surface area contributed by atoms with Crippen LogP contribution in [0.15, 0.2) is 0 Å². The van der Waals surface area contributed by atoms with Crippen molar-refractivity contribution in [2.45, 2.75) is 6.42 Å². The third kappa shape index (κ3) is 3.18. The Morgan fingerprint density at radius 3 is 2.43 bits per heavy atom. The highest BCUT2D eigenvalue weighted by Crippen LogP contribution is 2.11. The number of hydrogen-bond acceptors (Lipinski definition) is 4. The van der Waals surface area contributed by atoms with Gasteiger partial charge >= 0.3 is 0 Å². The SMILES string of the molecule is O=S1(=O)CCCN(S(=O)(=O)CBr)CC1. The molecule has 0 atom stereocenters. The quantitative estimate of drug-likeness (QED) is 0.662. The average molecular weight is 306 g/mol. The second-order valence-corrected chi connectivity index (χ2v) is 8.70. The van der Waals surface area contributed by atoms with Crippen molar-refractivity contribution in [1.29, 1.82) is 0 Å². The molecule has 0 aromatic rings. The minimum Gasteiger partial charge on any atom is -0.229 e. The molecule has 1 saturated heterocycles. The molecule has 0 spiro atoms. The molecule has 1 rings (SSSR count). The fraction of sp³-hybridized carbons (Fsp3) is 1.00. The van der Waals surface area contributed by atoms with Crippen molar-refractivity contribution in [2.24, 2.45) is 0 Å². The Balaban J connectivity index is 2.78. The molecule has 0 bridgehead atoms. The first-order valence-corrected chi connectivity index (χ1v) is 8.67. The summed E-state index contributed by atoms with van der Waals surface area (Å²) < 4.78 is 46.3. The van der Waals surface area contributed by atoms with Crippen LogP contribution < -0.4 is 0 Å². The van der Waals surface area contributed by atoms with E-state index in [1.165, 1.54) is 4.31 Å². The molecule has 0 aromatic heterocycles. The van der Waals surface area contributed by atoms with E-state index >= 15 is 0 Å². The Hall–Kier alpha value is 0.340. The van der Waals surface area contributed by atoms with Crippen molar-refractivity contribution in [3.63, 3.8) is 0 Å². The molecule has 0 aromatic carbocycles. The monoisotopic (exact) mass is 305 g/mol. The minimum absolute atomic E-state index is 0.0702. The summed E-state index contributed by atoms with van der Waals surface area (Å²) in [5.41, 5.74) is 0. The Morgan fingerprint density at radius 2 is 1.86 bits per heavy atom. The van der Waals surface area contributed by atoms with Crippen molar-refractivity contribution >= 4 is 35.8 Å². The summed E-state index contributed by atoms with van der Waals surface area (Å²) in [6.45, 7) is 0.378. The van der Waals surface area contributed by atoms with Crippen LogP contribution in [0.25, 0.3) is 0 Å². The molecular weight excluding hydrogens is 294 g/mol. The van der Waals surface area contributed by atoms with Crippen molar-refractivity contribution < 1.29 is 16.8 Å². The molecule has 8 heteroatoms. The van der Waals surface area contributed by atoms with E-state index in [9.17, 15) is 16.8 Å². The van der Waals surface area contributed by atoms with Gasteiger partial charge in [-0.25, -0.2) is 21.1 Å². The van der Waals surface area contributed by atoms with Crippen molar-refractivity contribution in [3.8, 4) is 0 Å².